The highest BCUT2D eigenvalue weighted by molar-refractivity contribution is 7.18. The lowest BCUT2D eigenvalue weighted by Gasteiger charge is -2.36. The number of nitrogens with one attached hydrogen (secondary N) is 2. The van der Waals surface area contributed by atoms with Crippen molar-refractivity contribution in [1.82, 2.24) is 24.8 Å². The molecule has 11 heteroatoms. The smallest absolute Gasteiger partial charge is 0.328 e. The molecule has 0 atom stereocenters. The summed E-state index contributed by atoms with van der Waals surface area (Å²) in [5.74, 6) is -0.326. The lowest BCUT2D eigenvalue weighted by molar-refractivity contribution is 0.0958. The summed E-state index contributed by atoms with van der Waals surface area (Å²) >= 11 is 1.42. The van der Waals surface area contributed by atoms with Crippen molar-refractivity contribution in [2.45, 2.75) is 20.0 Å². The summed E-state index contributed by atoms with van der Waals surface area (Å²) in [5, 5.41) is 12.0. The number of aromatic nitrogens is 3. The minimum atomic E-state index is -0.382. The zero-order chi connectivity index (χ0) is 22.8. The second kappa shape index (κ2) is 8.94. The molecule has 0 saturated carbocycles. The van der Waals surface area contributed by atoms with Gasteiger partial charge in [-0.05, 0) is 25.1 Å². The normalized spacial score (nSPS) is 14.5. The molecule has 166 valence electrons. The molecular weight excluding hydrogens is 430 g/mol. The van der Waals surface area contributed by atoms with Crippen LogP contribution in [0.1, 0.15) is 28.0 Å². The maximum atomic E-state index is 12.5. The van der Waals surface area contributed by atoms with E-state index in [1.165, 1.54) is 23.0 Å². The molecule has 1 saturated heterocycles. The first-order valence-electron chi connectivity index (χ1n) is 10.3. The molecule has 0 aromatic carbocycles. The van der Waals surface area contributed by atoms with Gasteiger partial charge in [-0.3, -0.25) is 19.1 Å². The Balaban J connectivity index is 1.46. The second-order valence-electron chi connectivity index (χ2n) is 7.45. The van der Waals surface area contributed by atoms with E-state index in [4.69, 9.17) is 0 Å². The van der Waals surface area contributed by atoms with Crippen LogP contribution >= 0.6 is 11.3 Å². The number of aromatic amines is 1. The molecule has 0 spiro atoms. The molecule has 1 aliphatic rings. The number of carbonyl (C=O) groups excluding carboxylic acids is 1. The third-order valence-electron chi connectivity index (χ3n) is 5.56. The summed E-state index contributed by atoms with van der Waals surface area (Å²) in [4.78, 5) is 48.7. The second-order valence-corrected chi connectivity index (χ2v) is 8.59. The predicted molar refractivity (Wildman–Crippen MR) is 122 cm³/mol. The van der Waals surface area contributed by atoms with Crippen molar-refractivity contribution in [3.05, 3.63) is 55.3 Å². The molecule has 0 unspecified atom stereocenters. The fourth-order valence-electron chi connectivity index (χ4n) is 3.87. The number of H-pyrrole nitrogens is 1. The van der Waals surface area contributed by atoms with Gasteiger partial charge in [0.25, 0.3) is 11.5 Å². The Morgan fingerprint density at radius 2 is 2.03 bits per heavy atom. The van der Waals surface area contributed by atoms with Gasteiger partial charge in [-0.15, -0.1) is 11.3 Å². The molecule has 32 heavy (non-hydrogen) atoms. The van der Waals surface area contributed by atoms with Crippen LogP contribution in [0.5, 0.6) is 0 Å². The number of pyridine rings is 1. The van der Waals surface area contributed by atoms with Gasteiger partial charge in [0.2, 0.25) is 0 Å². The zero-order valence-corrected chi connectivity index (χ0v) is 18.7. The quantitative estimate of drug-likeness (QED) is 0.583. The van der Waals surface area contributed by atoms with Gasteiger partial charge in [0.05, 0.1) is 11.2 Å². The van der Waals surface area contributed by atoms with E-state index in [9.17, 15) is 19.6 Å². The lowest BCUT2D eigenvalue weighted by atomic mass is 10.2. The summed E-state index contributed by atoms with van der Waals surface area (Å²) < 4.78 is 1.78. The van der Waals surface area contributed by atoms with Crippen LogP contribution in [-0.4, -0.2) is 58.6 Å². The number of nitrogens with zero attached hydrogens (tertiary/aromatic N) is 5. The Morgan fingerprint density at radius 1 is 1.28 bits per heavy atom. The van der Waals surface area contributed by atoms with Crippen LogP contribution in [0.4, 0.5) is 5.69 Å². The molecule has 1 fully saturated rings. The van der Waals surface area contributed by atoms with Gasteiger partial charge in [-0.1, -0.05) is 0 Å². The van der Waals surface area contributed by atoms with Gasteiger partial charge >= 0.3 is 5.69 Å². The van der Waals surface area contributed by atoms with Crippen LogP contribution < -0.4 is 21.5 Å². The van der Waals surface area contributed by atoms with Crippen LogP contribution in [0.2, 0.25) is 0 Å². The van der Waals surface area contributed by atoms with E-state index in [2.05, 4.69) is 31.2 Å². The Morgan fingerprint density at radius 3 is 2.69 bits per heavy atom. The number of anilines is 1. The molecule has 2 N–H and O–H groups in total. The monoisotopic (exact) mass is 453 g/mol. The highest BCUT2D eigenvalue weighted by Gasteiger charge is 2.22. The number of rotatable bonds is 5. The van der Waals surface area contributed by atoms with Gasteiger partial charge in [0, 0.05) is 51.2 Å². The van der Waals surface area contributed by atoms with E-state index in [1.54, 1.807) is 19.1 Å². The average molecular weight is 454 g/mol. The number of carbonyl (C=O) groups is 1. The van der Waals surface area contributed by atoms with E-state index in [0.29, 0.717) is 36.4 Å². The zero-order valence-electron chi connectivity index (χ0n) is 17.8. The van der Waals surface area contributed by atoms with Gasteiger partial charge in [0.15, 0.2) is 5.69 Å². The van der Waals surface area contributed by atoms with Gasteiger partial charge in [-0.25, -0.2) is 9.78 Å². The third-order valence-corrected chi connectivity index (χ3v) is 6.67. The summed E-state index contributed by atoms with van der Waals surface area (Å²) in [6, 6.07) is 7.37. The van der Waals surface area contributed by atoms with Crippen molar-refractivity contribution >= 4 is 33.1 Å². The predicted octanol–water partition coefficient (Wildman–Crippen LogP) is 0.720. The highest BCUT2D eigenvalue weighted by Crippen LogP contribution is 2.24. The maximum absolute atomic E-state index is 12.5. The standard InChI is InChI=1S/C21H23N7O3S/c1-3-28-20(30)18-15(25-21(28)31)10-13(32-18)12-26-6-8-27(9-7-26)17-5-4-14(19(29)23-2)24-16(17)11-22/h4-5,10H,3,6-9,12H2,1-2H3,(H,23,29)(H,25,31). The Kier molecular flexibility index (Phi) is 6.07. The molecule has 1 amide bonds. The van der Waals surface area contributed by atoms with Crippen molar-refractivity contribution in [2.24, 2.45) is 0 Å². The van der Waals surface area contributed by atoms with Crippen molar-refractivity contribution in [2.75, 3.05) is 38.1 Å². The van der Waals surface area contributed by atoms with E-state index in [-0.39, 0.29) is 28.5 Å². The Labute approximate surface area is 187 Å². The van der Waals surface area contributed by atoms with Crippen molar-refractivity contribution in [1.29, 1.82) is 5.26 Å². The van der Waals surface area contributed by atoms with Crippen molar-refractivity contribution in [3.8, 4) is 6.07 Å². The maximum Gasteiger partial charge on any atom is 0.328 e. The summed E-state index contributed by atoms with van der Waals surface area (Å²) in [7, 11) is 1.52. The number of piperazine rings is 1. The fourth-order valence-corrected chi connectivity index (χ4v) is 4.97. The summed E-state index contributed by atoms with van der Waals surface area (Å²) in [6.07, 6.45) is 0. The van der Waals surface area contributed by atoms with Crippen molar-refractivity contribution in [3.63, 3.8) is 0 Å². The number of fused-ring (bicyclic) bond motifs is 1. The molecular formula is C21H23N7O3S. The largest absolute Gasteiger partial charge is 0.367 e. The van der Waals surface area contributed by atoms with Crippen LogP contribution in [0.3, 0.4) is 0 Å². The number of nitriles is 1. The molecule has 0 bridgehead atoms. The lowest BCUT2D eigenvalue weighted by Crippen LogP contribution is -2.46. The SMILES string of the molecule is CCn1c(=O)[nH]c2cc(CN3CCN(c4ccc(C(=O)NC)nc4C#N)CC3)sc2c1=O. The van der Waals surface area contributed by atoms with E-state index in [0.717, 1.165) is 23.7 Å². The molecule has 0 radical (unpaired) electrons. The summed E-state index contributed by atoms with van der Waals surface area (Å²) in [6.45, 7) is 5.75. The minimum absolute atomic E-state index is 0.219. The first kappa shape index (κ1) is 21.7. The van der Waals surface area contributed by atoms with E-state index in [1.807, 2.05) is 6.07 Å². The number of thiophene rings is 1. The number of amides is 1. The van der Waals surface area contributed by atoms with Gasteiger partial charge < -0.3 is 15.2 Å². The summed E-state index contributed by atoms with van der Waals surface area (Å²) in [5.41, 5.74) is 1.14. The van der Waals surface area contributed by atoms with Gasteiger partial charge in [0.1, 0.15) is 16.5 Å². The molecule has 0 aliphatic carbocycles. The molecule has 1 aliphatic heterocycles. The molecule has 10 nitrogen and oxygen atoms in total. The molecule has 4 rings (SSSR count). The van der Waals surface area contributed by atoms with Crippen LogP contribution in [0.15, 0.2) is 27.8 Å². The molecule has 3 aromatic heterocycles. The third kappa shape index (κ3) is 4.02. The van der Waals surface area contributed by atoms with Crippen molar-refractivity contribution < 1.29 is 4.79 Å². The minimum Gasteiger partial charge on any atom is -0.367 e. The first-order chi connectivity index (χ1) is 15.4. The number of hydrogen-bond donors (Lipinski definition) is 2. The number of hydrogen-bond acceptors (Lipinski definition) is 8. The topological polar surface area (TPSA) is 127 Å². The Bertz CT molecular complexity index is 1330. The highest BCUT2D eigenvalue weighted by atomic mass is 32.1. The van der Waals surface area contributed by atoms with E-state index < -0.39 is 0 Å². The molecule has 3 aromatic rings. The average Bonchev–Trinajstić information content (AvgIpc) is 3.21. The molecule has 4 heterocycles. The van der Waals surface area contributed by atoms with Gasteiger partial charge in [-0.2, -0.15) is 5.26 Å². The van der Waals surface area contributed by atoms with E-state index >= 15 is 0 Å². The van der Waals surface area contributed by atoms with Crippen LogP contribution in [0.25, 0.3) is 10.2 Å². The van der Waals surface area contributed by atoms with Crippen LogP contribution in [0, 0.1) is 11.3 Å². The van der Waals surface area contributed by atoms with Crippen LogP contribution in [-0.2, 0) is 13.1 Å². The first-order valence-corrected chi connectivity index (χ1v) is 11.1. The fraction of sp³-hybridized carbons (Fsp3) is 0.381. The Hall–Kier alpha value is -3.49.